The van der Waals surface area contributed by atoms with Gasteiger partial charge in [0.15, 0.2) is 5.82 Å². The SMILES string of the molecule is CCC(=O)c1c(C(F)(F)F)n([O-])c2cc(N3CCNCC3)c(F)cc2[n+]1=O. The van der Waals surface area contributed by atoms with E-state index in [-0.39, 0.29) is 10.1 Å². The van der Waals surface area contributed by atoms with Crippen molar-refractivity contribution in [3.8, 4) is 0 Å². The van der Waals surface area contributed by atoms with E-state index in [1.165, 1.54) is 6.92 Å². The van der Waals surface area contributed by atoms with E-state index in [1.807, 2.05) is 0 Å². The molecule has 1 aromatic carbocycles. The van der Waals surface area contributed by atoms with E-state index in [4.69, 9.17) is 0 Å². The molecule has 0 spiro atoms. The van der Waals surface area contributed by atoms with Gasteiger partial charge in [-0.05, 0) is 6.07 Å². The highest BCUT2D eigenvalue weighted by Gasteiger charge is 2.44. The van der Waals surface area contributed by atoms with Gasteiger partial charge < -0.3 is 20.2 Å². The Kier molecular flexibility index (Phi) is 4.81. The molecule has 146 valence electrons. The molecule has 0 amide bonds. The van der Waals surface area contributed by atoms with Crippen LogP contribution in [0.25, 0.3) is 11.0 Å². The van der Waals surface area contributed by atoms with E-state index >= 15 is 0 Å². The first-order valence-electron chi connectivity index (χ1n) is 8.25. The summed E-state index contributed by atoms with van der Waals surface area (Å²) >= 11 is 0. The molecule has 0 aliphatic carbocycles. The van der Waals surface area contributed by atoms with E-state index in [0.29, 0.717) is 32.2 Å². The summed E-state index contributed by atoms with van der Waals surface area (Å²) in [6.45, 7) is 3.10. The van der Waals surface area contributed by atoms with E-state index in [1.54, 1.807) is 4.90 Å². The Morgan fingerprint density at radius 1 is 1.30 bits per heavy atom. The number of carbonyl (C=O) groups excluding carboxylic acids is 1. The van der Waals surface area contributed by atoms with E-state index < -0.39 is 51.3 Å². The fourth-order valence-corrected chi connectivity index (χ4v) is 3.11. The first-order valence-corrected chi connectivity index (χ1v) is 8.25. The van der Waals surface area contributed by atoms with Crippen LogP contribution in [0.5, 0.6) is 0 Å². The second kappa shape index (κ2) is 6.80. The molecule has 3 rings (SSSR count). The van der Waals surface area contributed by atoms with Crippen molar-refractivity contribution in [2.24, 2.45) is 0 Å². The number of piperazine rings is 1. The summed E-state index contributed by atoms with van der Waals surface area (Å²) in [6.07, 6.45) is -5.65. The number of benzene rings is 1. The van der Waals surface area contributed by atoms with Crippen LogP contribution in [0.4, 0.5) is 23.2 Å². The lowest BCUT2D eigenvalue weighted by molar-refractivity contribution is -0.470. The standard InChI is InChI=1S/C16H16F4N4O3/c1-2-13(25)14-15(16(18,19)20)24(27)12-8-10(22-5-3-21-4-6-22)9(17)7-11(12)23(14)26/h7-8,21H,2-6H2,1H3. The summed E-state index contributed by atoms with van der Waals surface area (Å²) in [5, 5.41) is 15.5. The lowest BCUT2D eigenvalue weighted by atomic mass is 10.1. The number of halogens is 4. The molecule has 1 saturated heterocycles. The number of rotatable bonds is 3. The van der Waals surface area contributed by atoms with Crippen LogP contribution < -0.4 is 14.6 Å². The maximum Gasteiger partial charge on any atom is 0.438 e. The average molecular weight is 388 g/mol. The Morgan fingerprint density at radius 2 is 1.93 bits per heavy atom. The van der Waals surface area contributed by atoms with Gasteiger partial charge in [-0.2, -0.15) is 13.2 Å². The molecule has 0 atom stereocenters. The Labute approximate surface area is 150 Å². The van der Waals surface area contributed by atoms with Crippen LogP contribution in [0.15, 0.2) is 12.1 Å². The van der Waals surface area contributed by atoms with E-state index in [9.17, 15) is 32.5 Å². The predicted octanol–water partition coefficient (Wildman–Crippen LogP) is 2.06. The molecule has 0 unspecified atom stereocenters. The van der Waals surface area contributed by atoms with Crippen LogP contribution in [0.2, 0.25) is 0 Å². The van der Waals surface area contributed by atoms with Gasteiger partial charge in [0.1, 0.15) is 5.52 Å². The molecule has 0 bridgehead atoms. The zero-order chi connectivity index (χ0) is 19.9. The van der Waals surface area contributed by atoms with Crippen LogP contribution in [-0.2, 0) is 6.18 Å². The lowest BCUT2D eigenvalue weighted by Gasteiger charge is -2.30. The van der Waals surface area contributed by atoms with Gasteiger partial charge in [0, 0.05) is 37.5 Å². The maximum absolute atomic E-state index is 14.5. The number of aromatic nitrogens is 2. The molecule has 1 fully saturated rings. The van der Waals surface area contributed by atoms with Crippen molar-refractivity contribution < 1.29 is 26.8 Å². The van der Waals surface area contributed by atoms with Gasteiger partial charge in [0.05, 0.1) is 16.2 Å². The van der Waals surface area contributed by atoms with Crippen molar-refractivity contribution in [1.82, 2.24) is 10.0 Å². The summed E-state index contributed by atoms with van der Waals surface area (Å²) in [4.78, 5) is 25.9. The van der Waals surface area contributed by atoms with Gasteiger partial charge in [-0.3, -0.25) is 4.79 Å². The van der Waals surface area contributed by atoms with Crippen molar-refractivity contribution in [2.45, 2.75) is 19.5 Å². The van der Waals surface area contributed by atoms with Crippen molar-refractivity contribution in [3.05, 3.63) is 39.5 Å². The molecule has 27 heavy (non-hydrogen) atoms. The fraction of sp³-hybridized carbons (Fsp3) is 0.438. The zero-order valence-corrected chi connectivity index (χ0v) is 14.3. The Hall–Kier alpha value is -2.69. The summed E-state index contributed by atoms with van der Waals surface area (Å²) in [5.74, 6) is -2.01. The van der Waals surface area contributed by atoms with Gasteiger partial charge in [0.25, 0.3) is 5.52 Å². The molecule has 11 heteroatoms. The second-order valence-electron chi connectivity index (χ2n) is 6.09. The molecule has 1 aliphatic rings. The van der Waals surface area contributed by atoms with Crippen LogP contribution in [0, 0.1) is 15.9 Å². The van der Waals surface area contributed by atoms with Crippen LogP contribution in [0.1, 0.15) is 29.5 Å². The number of hydrogen-bond acceptors (Lipinski definition) is 5. The van der Waals surface area contributed by atoms with Gasteiger partial charge in [0.2, 0.25) is 11.5 Å². The summed E-state index contributed by atoms with van der Waals surface area (Å²) in [6, 6.07) is 1.62. The van der Waals surface area contributed by atoms with Crippen LogP contribution >= 0.6 is 0 Å². The zero-order valence-electron chi connectivity index (χ0n) is 14.3. The minimum Gasteiger partial charge on any atom is -0.805 e. The number of ketones is 1. The van der Waals surface area contributed by atoms with Gasteiger partial charge >= 0.3 is 11.9 Å². The highest BCUT2D eigenvalue weighted by Crippen LogP contribution is 2.34. The minimum absolute atomic E-state index is 0.0729. The van der Waals surface area contributed by atoms with Gasteiger partial charge in [-0.25, -0.2) is 4.39 Å². The molecule has 2 aromatic rings. The normalized spacial score (nSPS) is 15.4. The third-order valence-corrected chi connectivity index (χ3v) is 4.42. The topological polar surface area (TPSA) is 83.3 Å². The van der Waals surface area contributed by atoms with Crippen LogP contribution in [-0.4, -0.2) is 36.7 Å². The number of nitrogens with zero attached hydrogens (tertiary/aromatic N) is 3. The van der Waals surface area contributed by atoms with E-state index in [0.717, 1.165) is 6.07 Å². The molecule has 0 saturated carbocycles. The third-order valence-electron chi connectivity index (χ3n) is 4.42. The second-order valence-corrected chi connectivity index (χ2v) is 6.09. The number of Topliss-reactive ketones (excluding diaryl/α,β-unsaturated/α-hetero) is 1. The number of fused-ring (bicyclic) bond motifs is 1. The quantitative estimate of drug-likeness (QED) is 0.495. The Bertz CT molecular complexity index is 965. The first-order chi connectivity index (χ1) is 12.7. The van der Waals surface area contributed by atoms with Crippen molar-refractivity contribution >= 4 is 22.5 Å². The molecule has 1 aromatic heterocycles. The predicted molar refractivity (Wildman–Crippen MR) is 88.7 cm³/mol. The highest BCUT2D eigenvalue weighted by molar-refractivity contribution is 5.95. The minimum atomic E-state index is -5.23. The molecule has 1 aliphatic heterocycles. The third kappa shape index (κ3) is 3.22. The number of nitrogens with one attached hydrogen (secondary N) is 1. The van der Waals surface area contributed by atoms with Crippen molar-refractivity contribution in [3.63, 3.8) is 0 Å². The van der Waals surface area contributed by atoms with Gasteiger partial charge in [-0.1, -0.05) is 6.92 Å². The lowest BCUT2D eigenvalue weighted by Crippen LogP contribution is -2.44. The smallest absolute Gasteiger partial charge is 0.438 e. The molecular formula is C16H16F4N4O3. The average Bonchev–Trinajstić information content (AvgIpc) is 2.63. The fourth-order valence-electron chi connectivity index (χ4n) is 3.11. The number of carbonyl (C=O) groups is 1. The Morgan fingerprint density at radius 3 is 2.48 bits per heavy atom. The molecule has 0 radical (unpaired) electrons. The Balaban J connectivity index is 2.36. The van der Waals surface area contributed by atoms with E-state index in [2.05, 4.69) is 5.32 Å². The van der Waals surface area contributed by atoms with Crippen LogP contribution in [0.3, 0.4) is 0 Å². The molecular weight excluding hydrogens is 372 g/mol. The highest BCUT2D eigenvalue weighted by atomic mass is 19.4. The summed E-state index contributed by atoms with van der Waals surface area (Å²) in [5.41, 5.74) is -4.58. The summed E-state index contributed by atoms with van der Waals surface area (Å²) < 4.78 is 54.0. The molecule has 2 heterocycles. The van der Waals surface area contributed by atoms with Gasteiger partial charge in [-0.15, -0.1) is 0 Å². The molecule has 7 nitrogen and oxygen atoms in total. The number of alkyl halides is 3. The monoisotopic (exact) mass is 388 g/mol. The summed E-state index contributed by atoms with van der Waals surface area (Å²) in [7, 11) is 0. The first kappa shape index (κ1) is 19.1. The maximum atomic E-state index is 14.5. The number of hydrogen-bond donors (Lipinski definition) is 1. The van der Waals surface area contributed by atoms with Crippen molar-refractivity contribution in [1.29, 1.82) is 0 Å². The number of anilines is 1. The molecule has 1 N–H and O–H groups in total. The van der Waals surface area contributed by atoms with Crippen molar-refractivity contribution in [2.75, 3.05) is 31.1 Å². The largest absolute Gasteiger partial charge is 0.805 e.